The number of nitrogens with zero attached hydrogens (tertiary/aromatic N) is 1. The first-order valence-electron chi connectivity index (χ1n) is 3.58. The monoisotopic (exact) mass is 239 g/mol. The SMILES string of the molecule is Cc1cnc(C(F)F)c(C(=O)Cl)c1Cl. The van der Waals surface area contributed by atoms with Crippen LogP contribution in [-0.2, 0) is 0 Å². The molecule has 2 nitrogen and oxygen atoms in total. The molecule has 14 heavy (non-hydrogen) atoms. The minimum Gasteiger partial charge on any atom is -0.275 e. The molecule has 0 spiro atoms. The van der Waals surface area contributed by atoms with Crippen LogP contribution in [0.25, 0.3) is 0 Å². The third kappa shape index (κ3) is 2.01. The summed E-state index contributed by atoms with van der Waals surface area (Å²) < 4.78 is 24.7. The van der Waals surface area contributed by atoms with Gasteiger partial charge >= 0.3 is 0 Å². The fourth-order valence-corrected chi connectivity index (χ4v) is 1.42. The first-order valence-corrected chi connectivity index (χ1v) is 4.33. The Labute approximate surface area is 88.8 Å². The molecule has 0 amide bonds. The van der Waals surface area contributed by atoms with Crippen molar-refractivity contribution in [3.63, 3.8) is 0 Å². The van der Waals surface area contributed by atoms with E-state index in [0.29, 0.717) is 5.56 Å². The maximum absolute atomic E-state index is 12.4. The smallest absolute Gasteiger partial charge is 0.275 e. The summed E-state index contributed by atoms with van der Waals surface area (Å²) in [6.45, 7) is 1.55. The summed E-state index contributed by atoms with van der Waals surface area (Å²) in [6, 6.07) is 0. The molecular formula is C8H5Cl2F2NO. The van der Waals surface area contributed by atoms with Crippen LogP contribution in [0.3, 0.4) is 0 Å². The van der Waals surface area contributed by atoms with E-state index in [1.807, 2.05) is 0 Å². The predicted molar refractivity (Wildman–Crippen MR) is 49.1 cm³/mol. The molecule has 0 saturated carbocycles. The number of carbonyl (C=O) groups excluding carboxylic acids is 1. The van der Waals surface area contributed by atoms with E-state index < -0.39 is 22.9 Å². The minimum absolute atomic E-state index is 0.0738. The van der Waals surface area contributed by atoms with Crippen LogP contribution in [0.4, 0.5) is 8.78 Å². The number of carbonyl (C=O) groups is 1. The summed E-state index contributed by atoms with van der Waals surface area (Å²) in [5.74, 6) is 0. The Morgan fingerprint density at radius 1 is 1.57 bits per heavy atom. The quantitative estimate of drug-likeness (QED) is 0.742. The largest absolute Gasteiger partial charge is 0.281 e. The molecule has 0 radical (unpaired) electrons. The van der Waals surface area contributed by atoms with Crippen LogP contribution < -0.4 is 0 Å². The van der Waals surface area contributed by atoms with Gasteiger partial charge in [-0.3, -0.25) is 9.78 Å². The van der Waals surface area contributed by atoms with Gasteiger partial charge in [-0.2, -0.15) is 0 Å². The van der Waals surface area contributed by atoms with Crippen LogP contribution in [0.15, 0.2) is 6.20 Å². The fourth-order valence-electron chi connectivity index (χ4n) is 0.950. The summed E-state index contributed by atoms with van der Waals surface area (Å²) in [7, 11) is 0. The van der Waals surface area contributed by atoms with Crippen molar-refractivity contribution in [3.05, 3.63) is 28.0 Å². The van der Waals surface area contributed by atoms with Gasteiger partial charge in [0.1, 0.15) is 5.69 Å². The number of aryl methyl sites for hydroxylation is 1. The van der Waals surface area contributed by atoms with Crippen molar-refractivity contribution in [2.24, 2.45) is 0 Å². The standard InChI is InChI=1S/C8H5Cl2F2NO/c1-3-2-13-6(8(11)12)4(5(3)9)7(10)14/h2,8H,1H3. The second-order valence-corrected chi connectivity index (χ2v) is 3.31. The molecule has 1 rings (SSSR count). The molecular weight excluding hydrogens is 235 g/mol. The molecule has 0 unspecified atom stereocenters. The number of halogens is 4. The topological polar surface area (TPSA) is 30.0 Å². The summed E-state index contributed by atoms with van der Waals surface area (Å²) >= 11 is 10.8. The lowest BCUT2D eigenvalue weighted by Crippen LogP contribution is -2.03. The number of hydrogen-bond acceptors (Lipinski definition) is 2. The Morgan fingerprint density at radius 3 is 2.57 bits per heavy atom. The number of alkyl halides is 2. The van der Waals surface area contributed by atoms with Crippen molar-refractivity contribution in [2.75, 3.05) is 0 Å². The van der Waals surface area contributed by atoms with E-state index in [2.05, 4.69) is 4.98 Å². The summed E-state index contributed by atoms with van der Waals surface area (Å²) in [6.07, 6.45) is -1.70. The highest BCUT2D eigenvalue weighted by molar-refractivity contribution is 6.69. The van der Waals surface area contributed by atoms with Gasteiger partial charge in [-0.25, -0.2) is 8.78 Å². The normalized spacial score (nSPS) is 10.7. The first-order chi connectivity index (χ1) is 6.45. The van der Waals surface area contributed by atoms with E-state index in [1.165, 1.54) is 6.20 Å². The third-order valence-electron chi connectivity index (χ3n) is 1.62. The van der Waals surface area contributed by atoms with Crippen molar-refractivity contribution in [1.29, 1.82) is 0 Å². The first kappa shape index (κ1) is 11.3. The molecule has 0 aliphatic carbocycles. The van der Waals surface area contributed by atoms with Gasteiger partial charge in [0.2, 0.25) is 0 Å². The number of rotatable bonds is 2. The molecule has 0 aliphatic heterocycles. The van der Waals surface area contributed by atoms with Gasteiger partial charge in [0.15, 0.2) is 0 Å². The van der Waals surface area contributed by atoms with E-state index >= 15 is 0 Å². The van der Waals surface area contributed by atoms with Crippen LogP contribution in [0.2, 0.25) is 5.02 Å². The zero-order valence-electron chi connectivity index (χ0n) is 7.02. The van der Waals surface area contributed by atoms with Crippen LogP contribution in [-0.4, -0.2) is 10.2 Å². The molecule has 76 valence electrons. The van der Waals surface area contributed by atoms with Gasteiger partial charge in [0.25, 0.3) is 11.7 Å². The van der Waals surface area contributed by atoms with Crippen LogP contribution in [0.1, 0.15) is 28.0 Å². The maximum Gasteiger partial charge on any atom is 0.281 e. The zero-order valence-corrected chi connectivity index (χ0v) is 8.53. The summed E-state index contributed by atoms with van der Waals surface area (Å²) in [5.41, 5.74) is -0.663. The van der Waals surface area contributed by atoms with E-state index in [9.17, 15) is 13.6 Å². The minimum atomic E-state index is -2.87. The molecule has 0 aromatic carbocycles. The van der Waals surface area contributed by atoms with Crippen molar-refractivity contribution in [3.8, 4) is 0 Å². The van der Waals surface area contributed by atoms with Crippen molar-refractivity contribution < 1.29 is 13.6 Å². The molecule has 0 atom stereocenters. The van der Waals surface area contributed by atoms with Gasteiger partial charge < -0.3 is 0 Å². The Hall–Kier alpha value is -0.740. The zero-order chi connectivity index (χ0) is 10.9. The van der Waals surface area contributed by atoms with Gasteiger partial charge in [0.05, 0.1) is 10.6 Å². The Morgan fingerprint density at radius 2 is 2.14 bits per heavy atom. The fraction of sp³-hybridized carbons (Fsp3) is 0.250. The summed E-state index contributed by atoms with van der Waals surface area (Å²) in [4.78, 5) is 14.3. The highest BCUT2D eigenvalue weighted by atomic mass is 35.5. The number of pyridine rings is 1. The average molecular weight is 240 g/mol. The Bertz CT molecular complexity index is 382. The molecule has 0 N–H and O–H groups in total. The van der Waals surface area contributed by atoms with Crippen LogP contribution >= 0.6 is 23.2 Å². The van der Waals surface area contributed by atoms with E-state index in [4.69, 9.17) is 23.2 Å². The predicted octanol–water partition coefficient (Wildman–Crippen LogP) is 3.36. The average Bonchev–Trinajstić information content (AvgIpc) is 2.08. The Kier molecular flexibility index (Phi) is 3.39. The second-order valence-electron chi connectivity index (χ2n) is 2.59. The molecule has 1 aromatic heterocycles. The van der Waals surface area contributed by atoms with Gasteiger partial charge in [-0.1, -0.05) is 11.6 Å². The lowest BCUT2D eigenvalue weighted by molar-refractivity contribution is 0.106. The highest BCUT2D eigenvalue weighted by Crippen LogP contribution is 2.29. The molecule has 0 aliphatic rings. The van der Waals surface area contributed by atoms with Gasteiger partial charge in [-0.05, 0) is 24.1 Å². The molecule has 6 heteroatoms. The van der Waals surface area contributed by atoms with Crippen molar-refractivity contribution in [2.45, 2.75) is 13.3 Å². The summed E-state index contributed by atoms with van der Waals surface area (Å²) in [5, 5.41) is -1.10. The highest BCUT2D eigenvalue weighted by Gasteiger charge is 2.22. The van der Waals surface area contributed by atoms with Gasteiger partial charge in [0, 0.05) is 6.20 Å². The molecule has 0 fully saturated rings. The van der Waals surface area contributed by atoms with Gasteiger partial charge in [-0.15, -0.1) is 0 Å². The van der Waals surface area contributed by atoms with E-state index in [-0.39, 0.29) is 5.02 Å². The number of aromatic nitrogens is 1. The molecule has 0 bridgehead atoms. The van der Waals surface area contributed by atoms with Crippen LogP contribution in [0.5, 0.6) is 0 Å². The third-order valence-corrected chi connectivity index (χ3v) is 2.30. The second kappa shape index (κ2) is 4.19. The maximum atomic E-state index is 12.4. The molecule has 1 heterocycles. The molecule has 1 aromatic rings. The molecule has 0 saturated heterocycles. The van der Waals surface area contributed by atoms with Crippen molar-refractivity contribution in [1.82, 2.24) is 4.98 Å². The van der Waals surface area contributed by atoms with E-state index in [0.717, 1.165) is 0 Å². The van der Waals surface area contributed by atoms with E-state index in [1.54, 1.807) is 6.92 Å². The lowest BCUT2D eigenvalue weighted by atomic mass is 10.1. The van der Waals surface area contributed by atoms with Crippen LogP contribution in [0, 0.1) is 6.92 Å². The Balaban J connectivity index is 3.45. The number of hydrogen-bond donors (Lipinski definition) is 0. The lowest BCUT2D eigenvalue weighted by Gasteiger charge is -2.07. The van der Waals surface area contributed by atoms with Crippen molar-refractivity contribution >= 4 is 28.4 Å².